The van der Waals surface area contributed by atoms with Gasteiger partial charge in [0.1, 0.15) is 5.76 Å². The zero-order chi connectivity index (χ0) is 12.7. The van der Waals surface area contributed by atoms with Gasteiger partial charge in [-0.05, 0) is 13.8 Å². The Bertz CT molecular complexity index is 695. The van der Waals surface area contributed by atoms with Crippen molar-refractivity contribution in [1.29, 1.82) is 0 Å². The number of fused-ring (bicyclic) bond motifs is 1. The molecule has 6 nitrogen and oxygen atoms in total. The van der Waals surface area contributed by atoms with Gasteiger partial charge in [-0.15, -0.1) is 0 Å². The molecule has 0 aliphatic heterocycles. The second-order valence-electron chi connectivity index (χ2n) is 3.97. The van der Waals surface area contributed by atoms with Gasteiger partial charge in [0.2, 0.25) is 5.65 Å². The number of imidazole rings is 1. The highest BCUT2D eigenvalue weighted by atomic mass is 16.5. The van der Waals surface area contributed by atoms with Gasteiger partial charge in [-0.3, -0.25) is 4.40 Å². The Hall–Kier alpha value is -2.37. The van der Waals surface area contributed by atoms with Crippen LogP contribution < -0.4 is 4.74 Å². The van der Waals surface area contributed by atoms with Crippen LogP contribution in [0.2, 0.25) is 0 Å². The number of rotatable bonds is 2. The van der Waals surface area contributed by atoms with E-state index >= 15 is 0 Å². The van der Waals surface area contributed by atoms with Crippen LogP contribution in [0.1, 0.15) is 11.5 Å². The number of hydrogen-bond acceptors (Lipinski definition) is 5. The molecule has 92 valence electrons. The maximum Gasteiger partial charge on any atom is 0.258 e. The molecular weight excluding hydrogens is 232 g/mol. The Labute approximate surface area is 103 Å². The smallest absolute Gasteiger partial charge is 0.258 e. The third-order valence-corrected chi connectivity index (χ3v) is 2.88. The van der Waals surface area contributed by atoms with Crippen LogP contribution in [-0.4, -0.2) is 26.6 Å². The minimum absolute atomic E-state index is 0.496. The lowest BCUT2D eigenvalue weighted by molar-refractivity contribution is 0.393. The van der Waals surface area contributed by atoms with Crippen molar-refractivity contribution in [2.75, 3.05) is 7.11 Å². The quantitative estimate of drug-likeness (QED) is 0.689. The fourth-order valence-corrected chi connectivity index (χ4v) is 2.07. The summed E-state index contributed by atoms with van der Waals surface area (Å²) in [4.78, 5) is 8.45. The van der Waals surface area contributed by atoms with Crippen LogP contribution in [0.3, 0.4) is 0 Å². The topological polar surface area (TPSA) is 65.5 Å². The predicted molar refractivity (Wildman–Crippen MR) is 64.5 cm³/mol. The van der Waals surface area contributed by atoms with Gasteiger partial charge in [0.05, 0.1) is 30.3 Å². The standard InChI is InChI=1S/C12H12N4O2/c1-7-10(8(2)18-15-7)9-6-14-11-12(17-3)13-4-5-16(9)11/h4-6H,1-3H3. The molecule has 18 heavy (non-hydrogen) atoms. The van der Waals surface area contributed by atoms with E-state index in [4.69, 9.17) is 9.26 Å². The molecule has 6 heteroatoms. The molecular formula is C12H12N4O2. The summed E-state index contributed by atoms with van der Waals surface area (Å²) in [5.74, 6) is 1.26. The molecule has 0 radical (unpaired) electrons. The molecule has 0 saturated carbocycles. The molecule has 0 fully saturated rings. The van der Waals surface area contributed by atoms with E-state index in [0.717, 1.165) is 22.7 Å². The average Bonchev–Trinajstić information content (AvgIpc) is 2.93. The fourth-order valence-electron chi connectivity index (χ4n) is 2.07. The van der Waals surface area contributed by atoms with Gasteiger partial charge in [-0.25, -0.2) is 9.97 Å². The third-order valence-electron chi connectivity index (χ3n) is 2.88. The number of ether oxygens (including phenoxy) is 1. The Morgan fingerprint density at radius 1 is 1.28 bits per heavy atom. The first-order chi connectivity index (χ1) is 8.72. The van der Waals surface area contributed by atoms with Gasteiger partial charge < -0.3 is 9.26 Å². The van der Waals surface area contributed by atoms with Crippen LogP contribution in [0.25, 0.3) is 16.9 Å². The van der Waals surface area contributed by atoms with Crippen molar-refractivity contribution in [3.63, 3.8) is 0 Å². The van der Waals surface area contributed by atoms with E-state index in [1.54, 1.807) is 19.5 Å². The normalized spacial score (nSPS) is 11.1. The Kier molecular flexibility index (Phi) is 2.29. The van der Waals surface area contributed by atoms with E-state index < -0.39 is 0 Å². The van der Waals surface area contributed by atoms with E-state index in [9.17, 15) is 0 Å². The summed E-state index contributed by atoms with van der Waals surface area (Å²) in [6.07, 6.45) is 5.29. The lowest BCUT2D eigenvalue weighted by Crippen LogP contribution is -1.95. The predicted octanol–water partition coefficient (Wildman–Crippen LogP) is 2.01. The van der Waals surface area contributed by atoms with Crippen LogP contribution in [0.15, 0.2) is 23.1 Å². The molecule has 3 rings (SSSR count). The Morgan fingerprint density at radius 2 is 2.11 bits per heavy atom. The van der Waals surface area contributed by atoms with Crippen LogP contribution in [0.5, 0.6) is 5.88 Å². The van der Waals surface area contributed by atoms with E-state index in [1.165, 1.54) is 0 Å². The first-order valence-electron chi connectivity index (χ1n) is 5.51. The highest BCUT2D eigenvalue weighted by molar-refractivity contribution is 5.68. The minimum Gasteiger partial charge on any atom is -0.478 e. The molecule has 0 aromatic carbocycles. The van der Waals surface area contributed by atoms with Crippen molar-refractivity contribution in [3.8, 4) is 17.1 Å². The minimum atomic E-state index is 0.496. The van der Waals surface area contributed by atoms with Gasteiger partial charge in [0.15, 0.2) is 0 Å². The maximum absolute atomic E-state index is 5.19. The molecule has 0 amide bonds. The second-order valence-corrected chi connectivity index (χ2v) is 3.97. The fraction of sp³-hybridized carbons (Fsp3) is 0.250. The molecule has 3 aromatic heterocycles. The van der Waals surface area contributed by atoms with Crippen LogP contribution in [0, 0.1) is 13.8 Å². The second kappa shape index (κ2) is 3.83. The van der Waals surface area contributed by atoms with Crippen molar-refractivity contribution < 1.29 is 9.26 Å². The molecule has 0 bridgehead atoms. The molecule has 0 atom stereocenters. The first-order valence-corrected chi connectivity index (χ1v) is 5.51. The Morgan fingerprint density at radius 3 is 2.78 bits per heavy atom. The number of nitrogens with zero attached hydrogens (tertiary/aromatic N) is 4. The molecule has 3 heterocycles. The summed E-state index contributed by atoms with van der Waals surface area (Å²) in [6.45, 7) is 3.79. The monoisotopic (exact) mass is 244 g/mol. The summed E-state index contributed by atoms with van der Waals surface area (Å²) in [5.41, 5.74) is 3.39. The highest BCUT2D eigenvalue weighted by Gasteiger charge is 2.17. The van der Waals surface area contributed by atoms with Gasteiger partial charge in [-0.2, -0.15) is 0 Å². The van der Waals surface area contributed by atoms with Crippen molar-refractivity contribution >= 4 is 5.65 Å². The zero-order valence-corrected chi connectivity index (χ0v) is 10.3. The molecule has 0 unspecified atom stereocenters. The molecule has 0 aliphatic rings. The largest absolute Gasteiger partial charge is 0.478 e. The number of aromatic nitrogens is 4. The summed E-state index contributed by atoms with van der Waals surface area (Å²) in [7, 11) is 1.58. The molecule has 0 spiro atoms. The van der Waals surface area contributed by atoms with Crippen molar-refractivity contribution in [1.82, 2.24) is 19.5 Å². The number of aryl methyl sites for hydroxylation is 2. The number of hydrogen-bond donors (Lipinski definition) is 0. The van der Waals surface area contributed by atoms with Gasteiger partial charge in [0.25, 0.3) is 5.88 Å². The van der Waals surface area contributed by atoms with Gasteiger partial charge in [-0.1, -0.05) is 5.16 Å². The van der Waals surface area contributed by atoms with E-state index in [2.05, 4.69) is 15.1 Å². The Balaban J connectivity index is 2.32. The van der Waals surface area contributed by atoms with Crippen molar-refractivity contribution in [2.24, 2.45) is 0 Å². The third kappa shape index (κ3) is 1.38. The lowest BCUT2D eigenvalue weighted by atomic mass is 10.1. The van der Waals surface area contributed by atoms with E-state index in [-0.39, 0.29) is 0 Å². The molecule has 3 aromatic rings. The summed E-state index contributed by atoms with van der Waals surface area (Å²) in [5, 5.41) is 3.96. The van der Waals surface area contributed by atoms with E-state index in [0.29, 0.717) is 11.5 Å². The van der Waals surface area contributed by atoms with Crippen LogP contribution >= 0.6 is 0 Å². The SMILES string of the molecule is COc1nccn2c(-c3c(C)noc3C)cnc12. The maximum atomic E-state index is 5.19. The van der Waals surface area contributed by atoms with Crippen LogP contribution in [0.4, 0.5) is 0 Å². The lowest BCUT2D eigenvalue weighted by Gasteiger charge is -2.03. The van der Waals surface area contributed by atoms with Gasteiger partial charge >= 0.3 is 0 Å². The van der Waals surface area contributed by atoms with Gasteiger partial charge in [0, 0.05) is 12.4 Å². The highest BCUT2D eigenvalue weighted by Crippen LogP contribution is 2.28. The summed E-state index contributed by atoms with van der Waals surface area (Å²) in [6, 6.07) is 0. The average molecular weight is 244 g/mol. The van der Waals surface area contributed by atoms with Crippen molar-refractivity contribution in [3.05, 3.63) is 30.0 Å². The first kappa shape index (κ1) is 10.8. The number of methoxy groups -OCH3 is 1. The molecule has 0 aliphatic carbocycles. The summed E-state index contributed by atoms with van der Waals surface area (Å²) >= 11 is 0. The van der Waals surface area contributed by atoms with Crippen molar-refractivity contribution in [2.45, 2.75) is 13.8 Å². The molecule has 0 N–H and O–H groups in total. The van der Waals surface area contributed by atoms with Crippen LogP contribution in [-0.2, 0) is 0 Å². The molecule has 0 saturated heterocycles. The van der Waals surface area contributed by atoms with E-state index in [1.807, 2.05) is 24.4 Å². The summed E-state index contributed by atoms with van der Waals surface area (Å²) < 4.78 is 12.3. The zero-order valence-electron chi connectivity index (χ0n) is 10.3.